The van der Waals surface area contributed by atoms with Gasteiger partial charge < -0.3 is 14.6 Å². The van der Waals surface area contributed by atoms with Gasteiger partial charge in [0.05, 0.1) is 5.69 Å². The summed E-state index contributed by atoms with van der Waals surface area (Å²) in [6, 6.07) is 5.04. The molecule has 0 radical (unpaired) electrons. The Balaban J connectivity index is 1.78. The van der Waals surface area contributed by atoms with Crippen LogP contribution in [0.5, 0.6) is 0 Å². The molecule has 2 aromatic heterocycles. The van der Waals surface area contributed by atoms with Crippen molar-refractivity contribution < 1.29 is 18.4 Å². The van der Waals surface area contributed by atoms with E-state index in [2.05, 4.69) is 20.6 Å². The number of aromatic nitrogens is 5. The molecule has 3 rings (SSSR count). The highest BCUT2D eigenvalue weighted by Gasteiger charge is 2.19. The third-order valence-electron chi connectivity index (χ3n) is 4.34. The lowest BCUT2D eigenvalue weighted by Crippen LogP contribution is -2.40. The van der Waals surface area contributed by atoms with Crippen molar-refractivity contribution in [1.29, 1.82) is 0 Å². The van der Waals surface area contributed by atoms with Crippen LogP contribution in [0.15, 0.2) is 38.4 Å². The number of rotatable bonds is 9. The molecule has 164 valence electrons. The quantitative estimate of drug-likeness (QED) is 0.474. The Morgan fingerprint density at radius 3 is 2.71 bits per heavy atom. The van der Waals surface area contributed by atoms with Crippen LogP contribution in [0.4, 0.5) is 4.39 Å². The topological polar surface area (TPSA) is 134 Å². The molecular weight excluding hydrogens is 411 g/mol. The van der Waals surface area contributed by atoms with Crippen molar-refractivity contribution in [1.82, 2.24) is 29.8 Å². The number of methoxy groups -OCH3 is 1. The van der Waals surface area contributed by atoms with Crippen molar-refractivity contribution in [2.75, 3.05) is 20.3 Å². The lowest BCUT2D eigenvalue weighted by Gasteiger charge is -2.07. The summed E-state index contributed by atoms with van der Waals surface area (Å²) in [5.41, 5.74) is -1.39. The van der Waals surface area contributed by atoms with Crippen LogP contribution in [-0.4, -0.2) is 50.7 Å². The zero-order chi connectivity index (χ0) is 22.4. The maximum absolute atomic E-state index is 13.2. The van der Waals surface area contributed by atoms with Gasteiger partial charge in [0.15, 0.2) is 5.69 Å². The number of carbonyl (C=O) groups excluding carboxylic acids is 1. The predicted octanol–water partition coefficient (Wildman–Crippen LogP) is 0.206. The molecule has 0 aliphatic heterocycles. The number of amides is 1. The van der Waals surface area contributed by atoms with E-state index >= 15 is 0 Å². The van der Waals surface area contributed by atoms with Crippen molar-refractivity contribution in [3.8, 4) is 17.2 Å². The molecule has 0 saturated heterocycles. The molecule has 0 unspecified atom stereocenters. The minimum atomic E-state index is -0.716. The summed E-state index contributed by atoms with van der Waals surface area (Å²) in [6.45, 7) is 1.04. The Morgan fingerprint density at radius 2 is 2.00 bits per heavy atom. The number of hydrogen-bond acceptors (Lipinski definition) is 8. The Labute approximate surface area is 175 Å². The molecule has 12 heteroatoms. The van der Waals surface area contributed by atoms with Gasteiger partial charge in [0.2, 0.25) is 17.6 Å². The summed E-state index contributed by atoms with van der Waals surface area (Å²) in [6.07, 6.45) is 0.988. The fraction of sp³-hybridized carbons (Fsp3) is 0.368. The molecule has 1 amide bonds. The van der Waals surface area contributed by atoms with Gasteiger partial charge in [0.25, 0.3) is 5.56 Å². The summed E-state index contributed by atoms with van der Waals surface area (Å²) in [5.74, 6) is -0.639. The lowest BCUT2D eigenvalue weighted by atomic mass is 10.3. The predicted molar refractivity (Wildman–Crippen MR) is 106 cm³/mol. The number of hydrogen-bond donors (Lipinski definition) is 1. The lowest BCUT2D eigenvalue weighted by molar-refractivity contribution is -0.121. The van der Waals surface area contributed by atoms with Crippen LogP contribution in [0, 0.1) is 5.82 Å². The molecule has 1 N–H and O–H groups in total. The molecule has 0 aliphatic carbocycles. The highest BCUT2D eigenvalue weighted by molar-refractivity contribution is 5.75. The van der Waals surface area contributed by atoms with Crippen LogP contribution in [0.1, 0.15) is 18.7 Å². The van der Waals surface area contributed by atoms with E-state index in [0.29, 0.717) is 19.6 Å². The van der Waals surface area contributed by atoms with Crippen LogP contribution < -0.4 is 16.6 Å². The second kappa shape index (κ2) is 9.89. The average molecular weight is 432 g/mol. The standard InChI is InChI=1S/C19H21FN6O5/c1-25-18(28)16(23-26(19(25)29)13-6-4-12(20)5-7-13)17-22-15(31-24-17)9-8-14(27)21-10-3-11-30-2/h4-7H,3,8-11H2,1-2H3,(H,21,27). The molecule has 1 aromatic carbocycles. The monoisotopic (exact) mass is 432 g/mol. The number of carbonyl (C=O) groups is 1. The Bertz CT molecular complexity index is 1170. The zero-order valence-electron chi connectivity index (χ0n) is 17.0. The van der Waals surface area contributed by atoms with E-state index in [1.54, 1.807) is 7.11 Å². The summed E-state index contributed by atoms with van der Waals surface area (Å²) >= 11 is 0. The van der Waals surface area contributed by atoms with Crippen molar-refractivity contribution in [3.63, 3.8) is 0 Å². The number of ether oxygens (including phenoxy) is 1. The molecule has 0 spiro atoms. The first-order chi connectivity index (χ1) is 14.9. The van der Waals surface area contributed by atoms with Crippen molar-refractivity contribution >= 4 is 5.91 Å². The van der Waals surface area contributed by atoms with E-state index in [1.165, 1.54) is 31.3 Å². The van der Waals surface area contributed by atoms with Gasteiger partial charge in [-0.15, -0.1) is 0 Å². The van der Waals surface area contributed by atoms with Crippen molar-refractivity contribution in [3.05, 3.63) is 56.8 Å². The first-order valence-corrected chi connectivity index (χ1v) is 9.45. The van der Waals surface area contributed by atoms with Gasteiger partial charge in [-0.25, -0.2) is 9.18 Å². The molecule has 0 atom stereocenters. The van der Waals surface area contributed by atoms with Gasteiger partial charge in [-0.3, -0.25) is 14.2 Å². The van der Waals surface area contributed by atoms with Gasteiger partial charge in [0, 0.05) is 40.2 Å². The first kappa shape index (κ1) is 22.0. The average Bonchev–Trinajstić information content (AvgIpc) is 3.23. The van der Waals surface area contributed by atoms with Crippen molar-refractivity contribution in [2.45, 2.75) is 19.3 Å². The summed E-state index contributed by atoms with van der Waals surface area (Å²) < 4.78 is 25.0. The van der Waals surface area contributed by atoms with Crippen molar-refractivity contribution in [2.24, 2.45) is 7.05 Å². The number of halogens is 1. The van der Waals surface area contributed by atoms with Crippen LogP contribution in [0.2, 0.25) is 0 Å². The van der Waals surface area contributed by atoms with E-state index in [4.69, 9.17) is 9.26 Å². The largest absolute Gasteiger partial charge is 0.385 e. The molecular formula is C19H21FN6O5. The van der Waals surface area contributed by atoms with E-state index in [-0.39, 0.29) is 41.8 Å². The molecule has 0 saturated carbocycles. The minimum absolute atomic E-state index is 0.119. The number of aryl methyl sites for hydroxylation is 1. The van der Waals surface area contributed by atoms with Crippen LogP contribution in [0.25, 0.3) is 17.2 Å². The van der Waals surface area contributed by atoms with E-state index in [1.807, 2.05) is 0 Å². The molecule has 2 heterocycles. The highest BCUT2D eigenvalue weighted by Crippen LogP contribution is 2.11. The molecule has 0 aliphatic rings. The highest BCUT2D eigenvalue weighted by atomic mass is 19.1. The van der Waals surface area contributed by atoms with Gasteiger partial charge >= 0.3 is 5.69 Å². The van der Waals surface area contributed by atoms with Gasteiger partial charge in [-0.1, -0.05) is 5.16 Å². The van der Waals surface area contributed by atoms with E-state index < -0.39 is 17.1 Å². The molecule has 3 aromatic rings. The summed E-state index contributed by atoms with van der Waals surface area (Å²) in [4.78, 5) is 40.9. The molecule has 31 heavy (non-hydrogen) atoms. The Morgan fingerprint density at radius 1 is 1.26 bits per heavy atom. The first-order valence-electron chi connectivity index (χ1n) is 9.45. The van der Waals surface area contributed by atoms with Crippen LogP contribution >= 0.6 is 0 Å². The molecule has 11 nitrogen and oxygen atoms in total. The minimum Gasteiger partial charge on any atom is -0.385 e. The van der Waals surface area contributed by atoms with Gasteiger partial charge in [0.1, 0.15) is 5.82 Å². The fourth-order valence-electron chi connectivity index (χ4n) is 2.67. The fourth-order valence-corrected chi connectivity index (χ4v) is 2.67. The SMILES string of the molecule is COCCCNC(=O)CCc1nc(-c2nn(-c3ccc(F)cc3)c(=O)n(C)c2=O)no1. The van der Waals surface area contributed by atoms with Crippen LogP contribution in [0.3, 0.4) is 0 Å². The van der Waals surface area contributed by atoms with Gasteiger partial charge in [-0.05, 0) is 30.7 Å². The number of nitrogens with zero attached hydrogens (tertiary/aromatic N) is 5. The Kier molecular flexibility index (Phi) is 7.03. The normalized spacial score (nSPS) is 10.9. The van der Waals surface area contributed by atoms with Gasteiger partial charge in [-0.2, -0.15) is 14.8 Å². The zero-order valence-corrected chi connectivity index (χ0v) is 17.0. The second-order valence-electron chi connectivity index (χ2n) is 6.59. The van der Waals surface area contributed by atoms with Crippen LogP contribution in [-0.2, 0) is 23.0 Å². The summed E-state index contributed by atoms with van der Waals surface area (Å²) in [7, 11) is 2.87. The molecule has 0 fully saturated rings. The Hall–Kier alpha value is -3.67. The smallest absolute Gasteiger partial charge is 0.351 e. The third kappa shape index (κ3) is 5.28. The molecule has 0 bridgehead atoms. The maximum atomic E-state index is 13.2. The number of benzene rings is 1. The number of nitrogens with one attached hydrogen (secondary N) is 1. The van der Waals surface area contributed by atoms with E-state index in [0.717, 1.165) is 9.25 Å². The maximum Gasteiger partial charge on any atom is 0.351 e. The second-order valence-corrected chi connectivity index (χ2v) is 6.59. The van der Waals surface area contributed by atoms with E-state index in [9.17, 15) is 18.8 Å². The third-order valence-corrected chi connectivity index (χ3v) is 4.34. The summed E-state index contributed by atoms with van der Waals surface area (Å²) in [5, 5.41) is 10.5.